The van der Waals surface area contributed by atoms with Crippen LogP contribution in [-0.2, 0) is 0 Å². The van der Waals surface area contributed by atoms with Gasteiger partial charge in [-0.05, 0) is 12.1 Å². The Labute approximate surface area is 130 Å². The van der Waals surface area contributed by atoms with E-state index in [2.05, 4.69) is 0 Å². The van der Waals surface area contributed by atoms with Crippen LogP contribution in [-0.4, -0.2) is 31.9 Å². The minimum atomic E-state index is 0.0727. The Bertz CT molecular complexity index is 586. The molecule has 0 amide bonds. The van der Waals surface area contributed by atoms with Gasteiger partial charge in [-0.2, -0.15) is 0 Å². The highest BCUT2D eigenvalue weighted by Crippen LogP contribution is 2.21. The molecule has 0 heterocycles. The highest BCUT2D eigenvalue weighted by atomic mass is 35.5. The lowest BCUT2D eigenvalue weighted by atomic mass is 10.1. The molecule has 2 rings (SSSR count). The Morgan fingerprint density at radius 1 is 1.14 bits per heavy atom. The van der Waals surface area contributed by atoms with Gasteiger partial charge in [-0.1, -0.05) is 36.4 Å². The summed E-state index contributed by atoms with van der Waals surface area (Å²) >= 11 is 5.87. The average molecular weight is 304 g/mol. The van der Waals surface area contributed by atoms with Crippen LogP contribution in [0.2, 0.25) is 0 Å². The van der Waals surface area contributed by atoms with Crippen molar-refractivity contribution in [2.24, 2.45) is 0 Å². The summed E-state index contributed by atoms with van der Waals surface area (Å²) < 4.78 is 5.23. The maximum absolute atomic E-state index is 12.3. The van der Waals surface area contributed by atoms with Crippen LogP contribution in [0.1, 0.15) is 10.4 Å². The summed E-state index contributed by atoms with van der Waals surface area (Å²) in [4.78, 5) is 14.3. The highest BCUT2D eigenvalue weighted by Gasteiger charge is 2.13. The van der Waals surface area contributed by atoms with E-state index in [-0.39, 0.29) is 5.78 Å². The van der Waals surface area contributed by atoms with Gasteiger partial charge in [-0.3, -0.25) is 4.79 Å². The quantitative estimate of drug-likeness (QED) is 0.578. The van der Waals surface area contributed by atoms with Gasteiger partial charge in [0.1, 0.15) is 5.75 Å². The summed E-state index contributed by atoms with van der Waals surface area (Å²) in [6.07, 6.45) is 0. The fourth-order valence-corrected chi connectivity index (χ4v) is 2.30. The van der Waals surface area contributed by atoms with Crippen LogP contribution in [0.15, 0.2) is 54.6 Å². The molecule has 0 radical (unpaired) electrons. The van der Waals surface area contributed by atoms with Gasteiger partial charge in [0.05, 0.1) is 13.7 Å². The van der Waals surface area contributed by atoms with Crippen LogP contribution in [0.3, 0.4) is 0 Å². The Hall–Kier alpha value is -2.00. The number of rotatable bonds is 7. The van der Waals surface area contributed by atoms with Crippen LogP contribution in [0, 0.1) is 0 Å². The normalized spacial score (nSPS) is 10.2. The first-order valence-electron chi connectivity index (χ1n) is 6.78. The molecule has 0 fully saturated rings. The SMILES string of the molecule is COc1cccc(N(CCCl)CC(=O)c2ccccc2)c1. The molecule has 2 aromatic carbocycles. The molecule has 2 aromatic rings. The molecule has 0 saturated heterocycles. The summed E-state index contributed by atoms with van der Waals surface area (Å²) in [6, 6.07) is 16.9. The number of carbonyl (C=O) groups is 1. The van der Waals surface area contributed by atoms with Gasteiger partial charge < -0.3 is 9.64 Å². The van der Waals surface area contributed by atoms with Gasteiger partial charge in [0, 0.05) is 29.7 Å². The maximum atomic E-state index is 12.3. The number of alkyl halides is 1. The number of hydrogen-bond donors (Lipinski definition) is 0. The predicted octanol–water partition coefficient (Wildman–Crippen LogP) is 3.62. The van der Waals surface area contributed by atoms with Crippen LogP contribution < -0.4 is 9.64 Å². The molecule has 0 atom stereocenters. The largest absolute Gasteiger partial charge is 0.497 e. The molecular weight excluding hydrogens is 286 g/mol. The van der Waals surface area contributed by atoms with E-state index in [1.165, 1.54) is 0 Å². The van der Waals surface area contributed by atoms with Crippen molar-refractivity contribution < 1.29 is 9.53 Å². The molecule has 4 heteroatoms. The Morgan fingerprint density at radius 3 is 2.57 bits per heavy atom. The van der Waals surface area contributed by atoms with Crippen molar-refractivity contribution in [1.29, 1.82) is 0 Å². The topological polar surface area (TPSA) is 29.5 Å². The molecule has 110 valence electrons. The minimum Gasteiger partial charge on any atom is -0.497 e. The smallest absolute Gasteiger partial charge is 0.182 e. The highest BCUT2D eigenvalue weighted by molar-refractivity contribution is 6.18. The number of ether oxygens (including phenoxy) is 1. The summed E-state index contributed by atoms with van der Waals surface area (Å²) in [5, 5.41) is 0. The molecule has 0 spiro atoms. The standard InChI is InChI=1S/C17H18ClNO2/c1-21-16-9-5-8-15(12-16)19(11-10-18)13-17(20)14-6-3-2-4-7-14/h2-9,12H,10-11,13H2,1H3. The third-order valence-electron chi connectivity index (χ3n) is 3.20. The van der Waals surface area contributed by atoms with Gasteiger partial charge >= 0.3 is 0 Å². The van der Waals surface area contributed by atoms with Crippen molar-refractivity contribution in [1.82, 2.24) is 0 Å². The van der Waals surface area contributed by atoms with Crippen LogP contribution >= 0.6 is 11.6 Å². The first-order valence-corrected chi connectivity index (χ1v) is 7.31. The predicted molar refractivity (Wildman–Crippen MR) is 86.7 cm³/mol. The van der Waals surface area contributed by atoms with E-state index < -0.39 is 0 Å². The van der Waals surface area contributed by atoms with Crippen molar-refractivity contribution in [3.8, 4) is 5.75 Å². The summed E-state index contributed by atoms with van der Waals surface area (Å²) in [5.41, 5.74) is 1.64. The Morgan fingerprint density at radius 2 is 1.90 bits per heavy atom. The van der Waals surface area contributed by atoms with E-state index in [9.17, 15) is 4.79 Å². The molecule has 0 aliphatic heterocycles. The Balaban J connectivity index is 2.17. The number of benzene rings is 2. The van der Waals surface area contributed by atoms with Crippen LogP contribution in [0.25, 0.3) is 0 Å². The molecule has 0 aliphatic rings. The molecule has 21 heavy (non-hydrogen) atoms. The van der Waals surface area contributed by atoms with E-state index in [0.29, 0.717) is 24.5 Å². The number of ketones is 1. The van der Waals surface area contributed by atoms with E-state index in [1.54, 1.807) is 7.11 Å². The first kappa shape index (κ1) is 15.4. The summed E-state index contributed by atoms with van der Waals surface area (Å²) in [7, 11) is 1.63. The van der Waals surface area contributed by atoms with Crippen molar-refractivity contribution >= 4 is 23.1 Å². The molecule has 0 unspecified atom stereocenters. The van der Waals surface area contributed by atoms with E-state index in [4.69, 9.17) is 16.3 Å². The van der Waals surface area contributed by atoms with Crippen molar-refractivity contribution in [2.45, 2.75) is 0 Å². The molecular formula is C17H18ClNO2. The second-order valence-corrected chi connectivity index (χ2v) is 4.98. The number of nitrogens with zero attached hydrogens (tertiary/aromatic N) is 1. The number of methoxy groups -OCH3 is 1. The second-order valence-electron chi connectivity index (χ2n) is 4.60. The lowest BCUT2D eigenvalue weighted by molar-refractivity contribution is 0.0999. The second kappa shape index (κ2) is 7.70. The lowest BCUT2D eigenvalue weighted by Gasteiger charge is -2.23. The number of anilines is 1. The Kier molecular flexibility index (Phi) is 5.64. The fourth-order valence-electron chi connectivity index (χ4n) is 2.10. The van der Waals surface area contributed by atoms with Crippen LogP contribution in [0.5, 0.6) is 5.75 Å². The van der Waals surface area contributed by atoms with Crippen LogP contribution in [0.4, 0.5) is 5.69 Å². The molecule has 0 aliphatic carbocycles. The third kappa shape index (κ3) is 4.23. The molecule has 0 saturated carbocycles. The molecule has 0 N–H and O–H groups in total. The average Bonchev–Trinajstić information content (AvgIpc) is 2.55. The van der Waals surface area contributed by atoms with Crippen molar-refractivity contribution in [3.05, 3.63) is 60.2 Å². The van der Waals surface area contributed by atoms with Gasteiger partial charge in [-0.25, -0.2) is 0 Å². The van der Waals surface area contributed by atoms with Crippen molar-refractivity contribution in [2.75, 3.05) is 31.0 Å². The van der Waals surface area contributed by atoms with E-state index in [1.807, 2.05) is 59.5 Å². The monoisotopic (exact) mass is 303 g/mol. The molecule has 3 nitrogen and oxygen atoms in total. The zero-order chi connectivity index (χ0) is 15.1. The number of halogens is 1. The lowest BCUT2D eigenvalue weighted by Crippen LogP contribution is -2.31. The molecule has 0 aromatic heterocycles. The first-order chi connectivity index (χ1) is 10.2. The maximum Gasteiger partial charge on any atom is 0.182 e. The fraction of sp³-hybridized carbons (Fsp3) is 0.235. The van der Waals surface area contributed by atoms with E-state index >= 15 is 0 Å². The zero-order valence-corrected chi connectivity index (χ0v) is 12.7. The number of Topliss-reactive ketones (excluding diaryl/α,β-unsaturated/α-hetero) is 1. The zero-order valence-electron chi connectivity index (χ0n) is 12.0. The van der Waals surface area contributed by atoms with Crippen molar-refractivity contribution in [3.63, 3.8) is 0 Å². The number of hydrogen-bond acceptors (Lipinski definition) is 3. The summed E-state index contributed by atoms with van der Waals surface area (Å²) in [6.45, 7) is 0.900. The minimum absolute atomic E-state index is 0.0727. The molecule has 0 bridgehead atoms. The van der Waals surface area contributed by atoms with Gasteiger partial charge in [-0.15, -0.1) is 11.6 Å². The summed E-state index contributed by atoms with van der Waals surface area (Å²) in [5.74, 6) is 1.29. The third-order valence-corrected chi connectivity index (χ3v) is 3.37. The number of carbonyl (C=O) groups excluding carboxylic acids is 1. The van der Waals surface area contributed by atoms with Gasteiger partial charge in [0.15, 0.2) is 5.78 Å². The van der Waals surface area contributed by atoms with E-state index in [0.717, 1.165) is 11.4 Å². The van der Waals surface area contributed by atoms with Gasteiger partial charge in [0.2, 0.25) is 0 Å². The van der Waals surface area contributed by atoms with Gasteiger partial charge in [0.25, 0.3) is 0 Å².